The van der Waals surface area contributed by atoms with Crippen molar-refractivity contribution in [3.8, 4) is 11.5 Å². The second-order valence-electron chi connectivity index (χ2n) is 3.61. The Morgan fingerprint density at radius 1 is 1.56 bits per heavy atom. The van der Waals surface area contributed by atoms with E-state index in [1.54, 1.807) is 0 Å². The van der Waals surface area contributed by atoms with Gasteiger partial charge < -0.3 is 14.6 Å². The van der Waals surface area contributed by atoms with Gasteiger partial charge in [-0.1, -0.05) is 0 Å². The van der Waals surface area contributed by atoms with E-state index in [-0.39, 0.29) is 13.2 Å². The van der Waals surface area contributed by atoms with Crippen molar-refractivity contribution in [1.82, 2.24) is 0 Å². The van der Waals surface area contributed by atoms with Crippen LogP contribution in [0.1, 0.15) is 17.5 Å². The van der Waals surface area contributed by atoms with Crippen molar-refractivity contribution in [3.05, 3.63) is 21.7 Å². The third-order valence-electron chi connectivity index (χ3n) is 2.52. The summed E-state index contributed by atoms with van der Waals surface area (Å²) in [5, 5.41) is 8.68. The topological polar surface area (TPSA) is 55.8 Å². The third-order valence-corrected chi connectivity index (χ3v) is 3.36. The Morgan fingerprint density at radius 3 is 3.00 bits per heavy atom. The van der Waals surface area contributed by atoms with Crippen molar-refractivity contribution < 1.29 is 19.4 Å². The minimum atomic E-state index is -0.802. The second kappa shape index (κ2) is 4.33. The first-order valence-corrected chi connectivity index (χ1v) is 5.68. The first-order chi connectivity index (χ1) is 7.59. The molecule has 0 radical (unpaired) electrons. The van der Waals surface area contributed by atoms with Crippen LogP contribution in [0.4, 0.5) is 0 Å². The highest BCUT2D eigenvalue weighted by Crippen LogP contribution is 2.43. The fraction of sp³-hybridized carbons (Fsp3) is 0.364. The molecular formula is C11H11BrO4. The first kappa shape index (κ1) is 11.3. The van der Waals surface area contributed by atoms with Crippen molar-refractivity contribution >= 4 is 21.9 Å². The van der Waals surface area contributed by atoms with Gasteiger partial charge >= 0.3 is 5.97 Å². The van der Waals surface area contributed by atoms with Crippen molar-refractivity contribution in [3.63, 3.8) is 0 Å². The van der Waals surface area contributed by atoms with E-state index in [4.69, 9.17) is 14.6 Å². The molecule has 4 nitrogen and oxygen atoms in total. The molecule has 0 amide bonds. The summed E-state index contributed by atoms with van der Waals surface area (Å²) in [6.07, 6.45) is 0.595. The molecule has 1 aliphatic heterocycles. The van der Waals surface area contributed by atoms with Gasteiger partial charge in [-0.25, -0.2) is 0 Å². The number of hydrogen-bond acceptors (Lipinski definition) is 3. The van der Waals surface area contributed by atoms with Crippen LogP contribution < -0.4 is 9.47 Å². The molecule has 0 saturated carbocycles. The number of carboxylic acids is 1. The molecule has 0 bridgehead atoms. The molecule has 16 heavy (non-hydrogen) atoms. The SMILES string of the molecule is Cc1cc2c(c(Br)c1CCC(=O)O)OCO2. The number of benzene rings is 1. The molecule has 1 heterocycles. The van der Waals surface area contributed by atoms with Crippen LogP contribution in [0.25, 0.3) is 0 Å². The van der Waals surface area contributed by atoms with E-state index >= 15 is 0 Å². The maximum atomic E-state index is 10.6. The third kappa shape index (κ3) is 2.00. The van der Waals surface area contributed by atoms with Gasteiger partial charge in [0.1, 0.15) is 0 Å². The lowest BCUT2D eigenvalue weighted by Crippen LogP contribution is -2.00. The minimum Gasteiger partial charge on any atom is -0.481 e. The van der Waals surface area contributed by atoms with Crippen LogP contribution in [0.5, 0.6) is 11.5 Å². The van der Waals surface area contributed by atoms with Gasteiger partial charge in [0.05, 0.1) is 4.47 Å². The lowest BCUT2D eigenvalue weighted by atomic mass is 10.0. The van der Waals surface area contributed by atoms with Crippen molar-refractivity contribution in [2.24, 2.45) is 0 Å². The predicted octanol–water partition coefficient (Wildman–Crippen LogP) is 2.50. The molecular weight excluding hydrogens is 276 g/mol. The summed E-state index contributed by atoms with van der Waals surface area (Å²) in [4.78, 5) is 10.6. The Labute approximate surface area is 101 Å². The zero-order valence-electron chi connectivity index (χ0n) is 8.75. The fourth-order valence-corrected chi connectivity index (χ4v) is 2.52. The van der Waals surface area contributed by atoms with Gasteiger partial charge in [0, 0.05) is 6.42 Å². The maximum absolute atomic E-state index is 10.6. The van der Waals surface area contributed by atoms with Crippen molar-refractivity contribution in [1.29, 1.82) is 0 Å². The highest BCUT2D eigenvalue weighted by Gasteiger charge is 2.21. The molecule has 0 aromatic heterocycles. The number of ether oxygens (including phenoxy) is 2. The smallest absolute Gasteiger partial charge is 0.303 e. The molecule has 0 aliphatic carbocycles. The average molecular weight is 287 g/mol. The zero-order valence-corrected chi connectivity index (χ0v) is 10.3. The number of aryl methyl sites for hydroxylation is 1. The lowest BCUT2D eigenvalue weighted by molar-refractivity contribution is -0.136. The van der Waals surface area contributed by atoms with E-state index in [2.05, 4.69) is 15.9 Å². The molecule has 0 unspecified atom stereocenters. The molecule has 1 aromatic rings. The molecule has 0 atom stereocenters. The van der Waals surface area contributed by atoms with Gasteiger partial charge in [-0.05, 0) is 46.5 Å². The normalized spacial score (nSPS) is 12.9. The van der Waals surface area contributed by atoms with Crippen LogP contribution in [0.3, 0.4) is 0 Å². The lowest BCUT2D eigenvalue weighted by Gasteiger charge is -2.09. The van der Waals surface area contributed by atoms with Crippen LogP contribution in [0.15, 0.2) is 10.5 Å². The summed E-state index contributed by atoms with van der Waals surface area (Å²) >= 11 is 3.44. The molecule has 2 rings (SSSR count). The monoisotopic (exact) mass is 286 g/mol. The largest absolute Gasteiger partial charge is 0.481 e. The average Bonchev–Trinajstić information content (AvgIpc) is 2.64. The number of halogens is 1. The Balaban J connectivity index is 2.34. The van der Waals surface area contributed by atoms with Gasteiger partial charge in [-0.15, -0.1) is 0 Å². The Hall–Kier alpha value is -1.23. The van der Waals surface area contributed by atoms with E-state index in [0.717, 1.165) is 15.6 Å². The zero-order chi connectivity index (χ0) is 11.7. The second-order valence-corrected chi connectivity index (χ2v) is 4.41. The van der Waals surface area contributed by atoms with Gasteiger partial charge in [-0.3, -0.25) is 4.79 Å². The van der Waals surface area contributed by atoms with Crippen molar-refractivity contribution in [2.45, 2.75) is 19.8 Å². The van der Waals surface area contributed by atoms with Crippen LogP contribution in [-0.4, -0.2) is 17.9 Å². The summed E-state index contributed by atoms with van der Waals surface area (Å²) < 4.78 is 11.4. The number of rotatable bonds is 3. The standard InChI is InChI=1S/C11H11BrO4/c1-6-4-8-11(16-5-15-8)10(12)7(6)2-3-9(13)14/h4H,2-3,5H2,1H3,(H,13,14). The quantitative estimate of drug-likeness (QED) is 0.928. The summed E-state index contributed by atoms with van der Waals surface area (Å²) in [5.74, 6) is 0.582. The first-order valence-electron chi connectivity index (χ1n) is 4.89. The van der Waals surface area contributed by atoms with Gasteiger partial charge in [0.15, 0.2) is 11.5 Å². The van der Waals surface area contributed by atoms with E-state index in [0.29, 0.717) is 17.9 Å². The van der Waals surface area contributed by atoms with Crippen LogP contribution in [0, 0.1) is 6.92 Å². The number of carboxylic acid groups (broad SMARTS) is 1. The predicted molar refractivity (Wildman–Crippen MR) is 61.0 cm³/mol. The van der Waals surface area contributed by atoms with Crippen LogP contribution in [0.2, 0.25) is 0 Å². The Morgan fingerprint density at radius 2 is 2.31 bits per heavy atom. The Kier molecular flexibility index (Phi) is 3.05. The van der Waals surface area contributed by atoms with Crippen LogP contribution >= 0.6 is 15.9 Å². The molecule has 1 aromatic carbocycles. The minimum absolute atomic E-state index is 0.110. The molecule has 0 spiro atoms. The van der Waals surface area contributed by atoms with Crippen molar-refractivity contribution in [2.75, 3.05) is 6.79 Å². The highest BCUT2D eigenvalue weighted by molar-refractivity contribution is 9.10. The summed E-state index contributed by atoms with van der Waals surface area (Å²) in [7, 11) is 0. The number of fused-ring (bicyclic) bond motifs is 1. The summed E-state index contributed by atoms with van der Waals surface area (Å²) in [6.45, 7) is 2.15. The molecule has 86 valence electrons. The molecule has 1 aliphatic rings. The van der Waals surface area contributed by atoms with E-state index in [1.165, 1.54) is 0 Å². The van der Waals surface area contributed by atoms with E-state index in [1.807, 2.05) is 13.0 Å². The Bertz CT molecular complexity index is 442. The number of carbonyl (C=O) groups is 1. The fourth-order valence-electron chi connectivity index (χ4n) is 1.70. The highest BCUT2D eigenvalue weighted by atomic mass is 79.9. The van der Waals surface area contributed by atoms with Gasteiger partial charge in [0.25, 0.3) is 0 Å². The van der Waals surface area contributed by atoms with Crippen LogP contribution in [-0.2, 0) is 11.2 Å². The molecule has 0 saturated heterocycles. The van der Waals surface area contributed by atoms with Gasteiger partial charge in [-0.2, -0.15) is 0 Å². The van der Waals surface area contributed by atoms with E-state index < -0.39 is 5.97 Å². The molecule has 5 heteroatoms. The molecule has 0 fully saturated rings. The van der Waals surface area contributed by atoms with E-state index in [9.17, 15) is 4.79 Å². The molecule has 1 N–H and O–H groups in total. The summed E-state index contributed by atoms with van der Waals surface area (Å²) in [6, 6.07) is 1.88. The number of aliphatic carboxylic acids is 1. The summed E-state index contributed by atoms with van der Waals surface area (Å²) in [5.41, 5.74) is 1.98. The number of hydrogen-bond donors (Lipinski definition) is 1. The maximum Gasteiger partial charge on any atom is 0.303 e. The van der Waals surface area contributed by atoms with Gasteiger partial charge in [0.2, 0.25) is 6.79 Å².